The van der Waals surface area contributed by atoms with Gasteiger partial charge in [-0.3, -0.25) is 0 Å². The number of nitrogens with one attached hydrogen (secondary N) is 2. The number of thiocarbonyl (C=S) groups is 1. The second-order valence-electron chi connectivity index (χ2n) is 6.68. The molecule has 30 heavy (non-hydrogen) atoms. The minimum atomic E-state index is 0.330. The molecule has 0 aliphatic carbocycles. The van der Waals surface area contributed by atoms with E-state index in [4.69, 9.17) is 12.2 Å². The fourth-order valence-electron chi connectivity index (χ4n) is 2.28. The Morgan fingerprint density at radius 2 is 1.23 bits per heavy atom. The predicted octanol–water partition coefficient (Wildman–Crippen LogP) is 3.68. The predicted molar refractivity (Wildman–Crippen MR) is 126 cm³/mol. The molecule has 0 unspecified atom stereocenters. The number of rotatable bonds is 6. The molecule has 152 valence electrons. The summed E-state index contributed by atoms with van der Waals surface area (Å²) in [6, 6.07) is 14.7. The lowest BCUT2D eigenvalue weighted by Crippen LogP contribution is -2.19. The van der Waals surface area contributed by atoms with Crippen LogP contribution in [0.4, 0.5) is 22.7 Å². The van der Waals surface area contributed by atoms with Gasteiger partial charge in [0.2, 0.25) is 0 Å². The molecule has 2 aromatic rings. The number of benzene rings is 2. The van der Waals surface area contributed by atoms with Crippen molar-refractivity contribution < 1.29 is 0 Å². The highest BCUT2D eigenvalue weighted by Gasteiger charge is 2.07. The van der Waals surface area contributed by atoms with Crippen molar-refractivity contribution in [1.82, 2.24) is 9.80 Å². The van der Waals surface area contributed by atoms with E-state index < -0.39 is 0 Å². The van der Waals surface area contributed by atoms with E-state index in [0.29, 0.717) is 39.0 Å². The highest BCUT2D eigenvalue weighted by molar-refractivity contribution is 7.80. The van der Waals surface area contributed by atoms with Gasteiger partial charge in [-0.2, -0.15) is 10.5 Å². The van der Waals surface area contributed by atoms with Crippen LogP contribution < -0.4 is 10.6 Å². The topological polar surface area (TPSA) is 103 Å². The molecule has 2 aromatic carbocycles. The van der Waals surface area contributed by atoms with Crippen molar-refractivity contribution in [2.75, 3.05) is 38.8 Å². The first kappa shape index (κ1) is 22.3. The van der Waals surface area contributed by atoms with Gasteiger partial charge in [0.1, 0.15) is 12.1 Å². The maximum Gasteiger partial charge on any atom is 0.175 e. The molecular weight excluding hydrogens is 396 g/mol. The summed E-state index contributed by atoms with van der Waals surface area (Å²) in [6.45, 7) is 0. The Labute approximate surface area is 181 Å². The first-order chi connectivity index (χ1) is 14.3. The molecule has 0 bridgehead atoms. The van der Waals surface area contributed by atoms with Crippen LogP contribution in [0.5, 0.6) is 0 Å². The summed E-state index contributed by atoms with van der Waals surface area (Å²) >= 11 is 5.35. The third-order valence-corrected chi connectivity index (χ3v) is 3.81. The maximum absolute atomic E-state index is 9.38. The van der Waals surface area contributed by atoms with E-state index in [0.717, 1.165) is 0 Å². The van der Waals surface area contributed by atoms with Gasteiger partial charge in [0.15, 0.2) is 5.11 Å². The van der Waals surface area contributed by atoms with Crippen LogP contribution in [0.1, 0.15) is 11.1 Å². The summed E-state index contributed by atoms with van der Waals surface area (Å²) in [6.07, 6.45) is 3.27. The largest absolute Gasteiger partial charge is 0.369 e. The number of anilines is 2. The molecule has 0 radical (unpaired) electrons. The lowest BCUT2D eigenvalue weighted by molar-refractivity contribution is 0.643. The third-order valence-electron chi connectivity index (χ3n) is 3.61. The number of hydrogen-bond acceptors (Lipinski definition) is 5. The summed E-state index contributed by atoms with van der Waals surface area (Å²) in [5.74, 6) is 0. The van der Waals surface area contributed by atoms with Gasteiger partial charge >= 0.3 is 0 Å². The van der Waals surface area contributed by atoms with Crippen LogP contribution >= 0.6 is 12.2 Å². The molecular formula is C21H22N8S. The van der Waals surface area contributed by atoms with Gasteiger partial charge in [0, 0.05) is 39.6 Å². The summed E-state index contributed by atoms with van der Waals surface area (Å²) < 4.78 is 0. The van der Waals surface area contributed by atoms with Crippen LogP contribution in [0.3, 0.4) is 0 Å². The van der Waals surface area contributed by atoms with Gasteiger partial charge in [0.25, 0.3) is 0 Å². The van der Waals surface area contributed by atoms with E-state index in [1.54, 1.807) is 58.9 Å². The van der Waals surface area contributed by atoms with Crippen LogP contribution in [-0.2, 0) is 0 Å². The van der Waals surface area contributed by atoms with Crippen molar-refractivity contribution in [3.63, 3.8) is 0 Å². The van der Waals surface area contributed by atoms with E-state index in [1.807, 2.05) is 28.2 Å². The minimum Gasteiger partial charge on any atom is -0.369 e. The molecule has 0 saturated heterocycles. The molecule has 2 rings (SSSR count). The highest BCUT2D eigenvalue weighted by Crippen LogP contribution is 2.24. The van der Waals surface area contributed by atoms with Crippen LogP contribution in [0.25, 0.3) is 0 Å². The number of hydrogen-bond donors (Lipinski definition) is 2. The summed E-state index contributed by atoms with van der Waals surface area (Å²) in [5, 5.41) is 25.2. The first-order valence-electron chi connectivity index (χ1n) is 8.90. The van der Waals surface area contributed by atoms with E-state index in [-0.39, 0.29) is 0 Å². The Morgan fingerprint density at radius 1 is 0.833 bits per heavy atom. The molecule has 0 saturated carbocycles. The van der Waals surface area contributed by atoms with Crippen molar-refractivity contribution in [2.45, 2.75) is 0 Å². The van der Waals surface area contributed by atoms with Crippen molar-refractivity contribution in [1.29, 1.82) is 10.5 Å². The van der Waals surface area contributed by atoms with Crippen LogP contribution in [0.2, 0.25) is 0 Å². The van der Waals surface area contributed by atoms with Crippen molar-refractivity contribution in [3.8, 4) is 12.1 Å². The lowest BCUT2D eigenvalue weighted by atomic mass is 10.1. The Morgan fingerprint density at radius 3 is 1.57 bits per heavy atom. The van der Waals surface area contributed by atoms with Gasteiger partial charge < -0.3 is 20.4 Å². The molecule has 9 heteroatoms. The zero-order valence-electron chi connectivity index (χ0n) is 17.2. The summed E-state index contributed by atoms with van der Waals surface area (Å²) in [7, 11) is 7.42. The van der Waals surface area contributed by atoms with Crippen LogP contribution in [0, 0.1) is 22.7 Å². The molecule has 0 heterocycles. The fourth-order valence-corrected chi connectivity index (χ4v) is 2.52. The Balaban J connectivity index is 2.12. The van der Waals surface area contributed by atoms with Crippen LogP contribution in [-0.4, -0.2) is 55.8 Å². The van der Waals surface area contributed by atoms with Gasteiger partial charge in [-0.05, 0) is 48.6 Å². The second-order valence-corrected chi connectivity index (χ2v) is 7.09. The monoisotopic (exact) mass is 418 g/mol. The Kier molecular flexibility index (Phi) is 7.86. The molecule has 0 aliphatic heterocycles. The van der Waals surface area contributed by atoms with Crippen molar-refractivity contribution in [2.24, 2.45) is 9.98 Å². The van der Waals surface area contributed by atoms with Gasteiger partial charge in [-0.1, -0.05) is 0 Å². The third kappa shape index (κ3) is 6.59. The lowest BCUT2D eigenvalue weighted by Gasteiger charge is -2.12. The summed E-state index contributed by atoms with van der Waals surface area (Å²) in [5.41, 5.74) is 3.30. The number of aliphatic imine (C=N–C) groups is 2. The molecule has 0 aromatic heterocycles. The normalized spacial score (nSPS) is 10.5. The minimum absolute atomic E-state index is 0.330. The molecule has 0 atom stereocenters. The standard InChI is InChI=1S/C21H22N8S/c1-28(2)13-24-19-7-5-17(9-15(19)11-22)26-21(30)27-18-6-8-20(16(10-18)12-23)25-14-29(3)4/h5-10,13-14H,1-4H3,(H2,26,27,30). The van der Waals surface area contributed by atoms with Gasteiger partial charge in [-0.15, -0.1) is 0 Å². The molecule has 0 aliphatic rings. The van der Waals surface area contributed by atoms with E-state index >= 15 is 0 Å². The Bertz CT molecular complexity index is 974. The average molecular weight is 419 g/mol. The maximum atomic E-state index is 9.38. The molecule has 0 amide bonds. The van der Waals surface area contributed by atoms with Crippen molar-refractivity contribution in [3.05, 3.63) is 47.5 Å². The highest BCUT2D eigenvalue weighted by atomic mass is 32.1. The second kappa shape index (κ2) is 10.6. The van der Waals surface area contributed by atoms with E-state index in [1.165, 1.54) is 0 Å². The van der Waals surface area contributed by atoms with Crippen LogP contribution in [0.15, 0.2) is 46.4 Å². The van der Waals surface area contributed by atoms with Gasteiger partial charge in [0.05, 0.1) is 35.2 Å². The molecule has 0 fully saturated rings. The fraction of sp³-hybridized carbons (Fsp3) is 0.190. The number of nitrogens with zero attached hydrogens (tertiary/aromatic N) is 6. The first-order valence-corrected chi connectivity index (χ1v) is 9.30. The number of nitriles is 2. The zero-order valence-corrected chi connectivity index (χ0v) is 18.0. The van der Waals surface area contributed by atoms with E-state index in [9.17, 15) is 10.5 Å². The average Bonchev–Trinajstić information content (AvgIpc) is 2.71. The zero-order chi connectivity index (χ0) is 22.1. The Hall–Kier alpha value is -3.95. The van der Waals surface area contributed by atoms with Gasteiger partial charge in [-0.25, -0.2) is 9.98 Å². The summed E-state index contributed by atoms with van der Waals surface area (Å²) in [4.78, 5) is 12.1. The molecule has 2 N–H and O–H groups in total. The van der Waals surface area contributed by atoms with Crippen molar-refractivity contribution >= 4 is 52.8 Å². The SMILES string of the molecule is CN(C)C=Nc1ccc(NC(=S)Nc2ccc(N=CN(C)C)c(C#N)c2)cc1C#N. The molecule has 0 spiro atoms. The smallest absolute Gasteiger partial charge is 0.175 e. The quantitative estimate of drug-likeness (QED) is 0.419. The molecule has 8 nitrogen and oxygen atoms in total. The van der Waals surface area contributed by atoms with E-state index in [2.05, 4.69) is 32.8 Å².